The number of ether oxygens (including phenoxy) is 1. The van der Waals surface area contributed by atoms with Crippen LogP contribution in [0.2, 0.25) is 0 Å². The summed E-state index contributed by atoms with van der Waals surface area (Å²) in [6, 6.07) is 4.33. The van der Waals surface area contributed by atoms with E-state index in [9.17, 15) is 8.78 Å². The number of piperazine rings is 1. The second kappa shape index (κ2) is 7.55. The largest absolute Gasteiger partial charge is 0.379 e. The summed E-state index contributed by atoms with van der Waals surface area (Å²) in [6.45, 7) is 10.3. The lowest BCUT2D eigenvalue weighted by atomic mass is 10.2. The van der Waals surface area contributed by atoms with E-state index in [1.165, 1.54) is 12.1 Å². The minimum atomic E-state index is -0.524. The van der Waals surface area contributed by atoms with Gasteiger partial charge in [0.1, 0.15) is 11.6 Å². The van der Waals surface area contributed by atoms with Crippen molar-refractivity contribution in [2.24, 2.45) is 0 Å². The van der Waals surface area contributed by atoms with Crippen molar-refractivity contribution in [3.8, 4) is 0 Å². The lowest BCUT2D eigenvalue weighted by Gasteiger charge is -2.40. The van der Waals surface area contributed by atoms with Gasteiger partial charge in [0.15, 0.2) is 0 Å². The van der Waals surface area contributed by atoms with Crippen LogP contribution in [-0.4, -0.2) is 74.9 Å². The van der Waals surface area contributed by atoms with Crippen LogP contribution in [0.15, 0.2) is 18.2 Å². The molecule has 0 amide bonds. The molecule has 3 rings (SSSR count). The number of halogens is 2. The van der Waals surface area contributed by atoms with Crippen LogP contribution in [-0.2, 0) is 4.74 Å². The number of benzene rings is 1. The average Bonchev–Trinajstić information content (AvgIpc) is 2.57. The standard InChI is InChI=1S/C17H25F2N3O/c1-14(21-8-10-23-11-9-21)13-20-4-6-22(7-5-20)17-3-2-15(18)12-16(17)19/h2-3,12,14H,4-11,13H2,1H3/t14-/m1/s1. The van der Waals surface area contributed by atoms with Crippen molar-refractivity contribution in [1.29, 1.82) is 0 Å². The highest BCUT2D eigenvalue weighted by Gasteiger charge is 2.23. The molecule has 6 heteroatoms. The van der Waals surface area contributed by atoms with Gasteiger partial charge in [-0.25, -0.2) is 8.78 Å². The zero-order valence-corrected chi connectivity index (χ0v) is 13.7. The second-order valence-corrected chi connectivity index (χ2v) is 6.38. The van der Waals surface area contributed by atoms with E-state index in [0.29, 0.717) is 11.7 Å². The molecule has 0 unspecified atom stereocenters. The van der Waals surface area contributed by atoms with Gasteiger partial charge in [0.2, 0.25) is 0 Å². The van der Waals surface area contributed by atoms with Gasteiger partial charge in [0, 0.05) is 57.9 Å². The molecule has 0 saturated carbocycles. The normalized spacial score (nSPS) is 22.3. The molecule has 23 heavy (non-hydrogen) atoms. The van der Waals surface area contributed by atoms with Crippen LogP contribution in [0.4, 0.5) is 14.5 Å². The SMILES string of the molecule is C[C@H](CN1CCN(c2ccc(F)cc2F)CC1)N1CCOCC1. The lowest BCUT2D eigenvalue weighted by Crippen LogP contribution is -2.52. The van der Waals surface area contributed by atoms with E-state index in [4.69, 9.17) is 4.74 Å². The van der Waals surface area contributed by atoms with Crippen LogP contribution in [0.1, 0.15) is 6.92 Å². The van der Waals surface area contributed by atoms with Crippen LogP contribution in [0.3, 0.4) is 0 Å². The molecule has 4 nitrogen and oxygen atoms in total. The summed E-state index contributed by atoms with van der Waals surface area (Å²) >= 11 is 0. The van der Waals surface area contributed by atoms with Crippen molar-refractivity contribution in [2.75, 3.05) is 63.9 Å². The number of nitrogens with zero attached hydrogens (tertiary/aromatic N) is 3. The third-order valence-electron chi connectivity index (χ3n) is 4.81. The highest BCUT2D eigenvalue weighted by atomic mass is 19.1. The van der Waals surface area contributed by atoms with Gasteiger partial charge in [-0.1, -0.05) is 0 Å². The molecule has 128 valence electrons. The van der Waals surface area contributed by atoms with Crippen LogP contribution in [0.25, 0.3) is 0 Å². The van der Waals surface area contributed by atoms with Crippen molar-refractivity contribution in [3.63, 3.8) is 0 Å². The maximum atomic E-state index is 13.9. The van der Waals surface area contributed by atoms with Gasteiger partial charge in [-0.3, -0.25) is 9.80 Å². The van der Waals surface area contributed by atoms with Gasteiger partial charge < -0.3 is 9.64 Å². The summed E-state index contributed by atoms with van der Waals surface area (Å²) in [7, 11) is 0. The molecule has 2 heterocycles. The number of hydrogen-bond acceptors (Lipinski definition) is 4. The zero-order valence-electron chi connectivity index (χ0n) is 13.7. The fourth-order valence-electron chi connectivity index (χ4n) is 3.42. The van der Waals surface area contributed by atoms with E-state index in [1.807, 2.05) is 4.90 Å². The predicted molar refractivity (Wildman–Crippen MR) is 86.9 cm³/mol. The van der Waals surface area contributed by atoms with Crippen molar-refractivity contribution in [2.45, 2.75) is 13.0 Å². The fraction of sp³-hybridized carbons (Fsp3) is 0.647. The Hall–Kier alpha value is -1.24. The van der Waals surface area contributed by atoms with E-state index < -0.39 is 11.6 Å². The second-order valence-electron chi connectivity index (χ2n) is 6.38. The summed E-state index contributed by atoms with van der Waals surface area (Å²) < 4.78 is 32.3. The van der Waals surface area contributed by atoms with Gasteiger partial charge in [-0.2, -0.15) is 0 Å². The van der Waals surface area contributed by atoms with Gasteiger partial charge in [0.05, 0.1) is 18.9 Å². The molecule has 1 aromatic carbocycles. The molecule has 0 spiro atoms. The van der Waals surface area contributed by atoms with Crippen molar-refractivity contribution >= 4 is 5.69 Å². The van der Waals surface area contributed by atoms with E-state index in [0.717, 1.165) is 65.1 Å². The minimum Gasteiger partial charge on any atom is -0.379 e. The first kappa shape index (κ1) is 16.6. The van der Waals surface area contributed by atoms with E-state index in [1.54, 1.807) is 0 Å². The molecular weight excluding hydrogens is 300 g/mol. The number of morpholine rings is 1. The Morgan fingerprint density at radius 2 is 1.74 bits per heavy atom. The molecule has 1 atom stereocenters. The first-order valence-corrected chi connectivity index (χ1v) is 8.37. The van der Waals surface area contributed by atoms with Crippen LogP contribution < -0.4 is 4.90 Å². The molecule has 2 saturated heterocycles. The zero-order chi connectivity index (χ0) is 16.2. The Morgan fingerprint density at radius 3 is 2.39 bits per heavy atom. The number of anilines is 1. The summed E-state index contributed by atoms with van der Waals surface area (Å²) in [6.07, 6.45) is 0. The summed E-state index contributed by atoms with van der Waals surface area (Å²) in [5.41, 5.74) is 0.507. The molecule has 0 radical (unpaired) electrons. The highest BCUT2D eigenvalue weighted by molar-refractivity contribution is 5.48. The molecule has 0 aromatic heterocycles. The number of hydrogen-bond donors (Lipinski definition) is 0. The predicted octanol–water partition coefficient (Wildman–Crippen LogP) is 1.81. The average molecular weight is 325 g/mol. The van der Waals surface area contributed by atoms with Gasteiger partial charge in [-0.15, -0.1) is 0 Å². The minimum absolute atomic E-state index is 0.472. The molecule has 0 aliphatic carbocycles. The molecule has 0 bridgehead atoms. The van der Waals surface area contributed by atoms with Crippen molar-refractivity contribution in [3.05, 3.63) is 29.8 Å². The lowest BCUT2D eigenvalue weighted by molar-refractivity contribution is 0.0121. The first-order valence-electron chi connectivity index (χ1n) is 8.37. The van der Waals surface area contributed by atoms with Gasteiger partial charge in [0.25, 0.3) is 0 Å². The van der Waals surface area contributed by atoms with Crippen molar-refractivity contribution < 1.29 is 13.5 Å². The van der Waals surface area contributed by atoms with Gasteiger partial charge in [-0.05, 0) is 19.1 Å². The Morgan fingerprint density at radius 1 is 1.04 bits per heavy atom. The molecule has 2 fully saturated rings. The Bertz CT molecular complexity index is 515. The Kier molecular flexibility index (Phi) is 5.46. The third kappa shape index (κ3) is 4.19. The summed E-state index contributed by atoms with van der Waals surface area (Å²) in [5.74, 6) is -0.996. The van der Waals surface area contributed by atoms with Crippen LogP contribution >= 0.6 is 0 Å². The smallest absolute Gasteiger partial charge is 0.149 e. The molecular formula is C17H25F2N3O. The Balaban J connectivity index is 1.50. The van der Waals surface area contributed by atoms with E-state index in [2.05, 4.69) is 16.7 Å². The van der Waals surface area contributed by atoms with Crippen LogP contribution in [0, 0.1) is 11.6 Å². The summed E-state index contributed by atoms with van der Waals surface area (Å²) in [5, 5.41) is 0. The maximum Gasteiger partial charge on any atom is 0.149 e. The first-order chi connectivity index (χ1) is 11.1. The third-order valence-corrected chi connectivity index (χ3v) is 4.81. The monoisotopic (exact) mass is 325 g/mol. The molecule has 2 aliphatic heterocycles. The van der Waals surface area contributed by atoms with Gasteiger partial charge >= 0.3 is 0 Å². The quantitative estimate of drug-likeness (QED) is 0.840. The molecule has 0 N–H and O–H groups in total. The fourth-order valence-corrected chi connectivity index (χ4v) is 3.42. The van der Waals surface area contributed by atoms with E-state index in [-0.39, 0.29) is 0 Å². The highest BCUT2D eigenvalue weighted by Crippen LogP contribution is 2.21. The molecule has 2 aliphatic rings. The van der Waals surface area contributed by atoms with Crippen molar-refractivity contribution in [1.82, 2.24) is 9.80 Å². The molecule has 1 aromatic rings. The van der Waals surface area contributed by atoms with Crippen LogP contribution in [0.5, 0.6) is 0 Å². The number of rotatable bonds is 4. The van der Waals surface area contributed by atoms with E-state index >= 15 is 0 Å². The maximum absolute atomic E-state index is 13.9. The Labute approximate surface area is 136 Å². The summed E-state index contributed by atoms with van der Waals surface area (Å²) in [4.78, 5) is 6.90. The topological polar surface area (TPSA) is 19.0 Å².